The summed E-state index contributed by atoms with van der Waals surface area (Å²) in [5, 5.41) is 0. The SMILES string of the molecule is CCCCCCCO[C@H]1CC[C@H](C(=O)Oc2ccc(-c3ccc(F)cc3)c(F)c2)CC1. The Bertz CT molecular complexity index is 827. The topological polar surface area (TPSA) is 35.5 Å². The number of esters is 1. The van der Waals surface area contributed by atoms with E-state index in [4.69, 9.17) is 9.47 Å². The van der Waals surface area contributed by atoms with E-state index < -0.39 is 5.82 Å². The van der Waals surface area contributed by atoms with Crippen molar-refractivity contribution in [3.05, 3.63) is 54.1 Å². The van der Waals surface area contributed by atoms with Gasteiger partial charge >= 0.3 is 5.97 Å². The Kier molecular flexibility index (Phi) is 9.01. The van der Waals surface area contributed by atoms with Gasteiger partial charge in [-0.1, -0.05) is 44.7 Å². The lowest BCUT2D eigenvalue weighted by Crippen LogP contribution is -2.29. The molecule has 0 heterocycles. The maximum atomic E-state index is 14.5. The summed E-state index contributed by atoms with van der Waals surface area (Å²) >= 11 is 0. The molecule has 3 nitrogen and oxygen atoms in total. The summed E-state index contributed by atoms with van der Waals surface area (Å²) in [5.41, 5.74) is 0.910. The van der Waals surface area contributed by atoms with Crippen molar-refractivity contribution >= 4 is 5.97 Å². The van der Waals surface area contributed by atoms with Crippen molar-refractivity contribution in [1.29, 1.82) is 0 Å². The Balaban J connectivity index is 1.43. The van der Waals surface area contributed by atoms with Crippen LogP contribution in [0.5, 0.6) is 5.75 Å². The molecule has 1 fully saturated rings. The fourth-order valence-corrected chi connectivity index (χ4v) is 4.04. The van der Waals surface area contributed by atoms with Crippen LogP contribution in [0.15, 0.2) is 42.5 Å². The van der Waals surface area contributed by atoms with Crippen LogP contribution >= 0.6 is 0 Å². The predicted octanol–water partition coefficient (Wildman–Crippen LogP) is 7.08. The van der Waals surface area contributed by atoms with E-state index in [9.17, 15) is 13.6 Å². The van der Waals surface area contributed by atoms with Gasteiger partial charge in [-0.05, 0) is 61.9 Å². The van der Waals surface area contributed by atoms with Crippen LogP contribution in [0.25, 0.3) is 11.1 Å². The highest BCUT2D eigenvalue weighted by Gasteiger charge is 2.28. The third-order valence-electron chi connectivity index (χ3n) is 5.92. The van der Waals surface area contributed by atoms with Crippen LogP contribution < -0.4 is 4.74 Å². The number of ether oxygens (including phenoxy) is 2. The van der Waals surface area contributed by atoms with E-state index in [0.717, 1.165) is 38.7 Å². The highest BCUT2D eigenvalue weighted by atomic mass is 19.1. The molecule has 1 saturated carbocycles. The molecule has 168 valence electrons. The second-order valence-corrected chi connectivity index (χ2v) is 8.33. The molecule has 0 aromatic heterocycles. The van der Waals surface area contributed by atoms with Crippen molar-refractivity contribution in [2.75, 3.05) is 6.61 Å². The summed E-state index contributed by atoms with van der Waals surface area (Å²) in [5.74, 6) is -1.18. The van der Waals surface area contributed by atoms with Crippen LogP contribution in [0.4, 0.5) is 8.78 Å². The van der Waals surface area contributed by atoms with Crippen molar-refractivity contribution in [3.63, 3.8) is 0 Å². The molecule has 1 aliphatic rings. The molecule has 0 unspecified atom stereocenters. The van der Waals surface area contributed by atoms with Gasteiger partial charge < -0.3 is 9.47 Å². The van der Waals surface area contributed by atoms with Gasteiger partial charge in [-0.25, -0.2) is 8.78 Å². The molecule has 5 heteroatoms. The zero-order valence-electron chi connectivity index (χ0n) is 18.2. The molecule has 0 amide bonds. The van der Waals surface area contributed by atoms with Crippen LogP contribution in [-0.2, 0) is 9.53 Å². The largest absolute Gasteiger partial charge is 0.426 e. The van der Waals surface area contributed by atoms with E-state index in [1.165, 1.54) is 56.0 Å². The molecule has 0 aliphatic heterocycles. The van der Waals surface area contributed by atoms with Gasteiger partial charge in [0.25, 0.3) is 0 Å². The predicted molar refractivity (Wildman–Crippen MR) is 118 cm³/mol. The average molecular weight is 431 g/mol. The molecule has 0 saturated heterocycles. The lowest BCUT2D eigenvalue weighted by molar-refractivity contribution is -0.141. The number of hydrogen-bond donors (Lipinski definition) is 0. The number of hydrogen-bond acceptors (Lipinski definition) is 3. The summed E-state index contributed by atoms with van der Waals surface area (Å²) in [4.78, 5) is 12.5. The molecule has 0 bridgehead atoms. The zero-order valence-corrected chi connectivity index (χ0v) is 18.2. The summed E-state index contributed by atoms with van der Waals surface area (Å²) < 4.78 is 39.0. The molecular formula is C26H32F2O3. The van der Waals surface area contributed by atoms with Gasteiger partial charge in [0.05, 0.1) is 12.0 Å². The number of halogens is 2. The number of rotatable bonds is 10. The van der Waals surface area contributed by atoms with Crippen molar-refractivity contribution in [2.24, 2.45) is 5.92 Å². The van der Waals surface area contributed by atoms with Crippen LogP contribution in [0.3, 0.4) is 0 Å². The summed E-state index contributed by atoms with van der Waals surface area (Å²) in [6, 6.07) is 9.95. The minimum absolute atomic E-state index is 0.177. The van der Waals surface area contributed by atoms with Crippen LogP contribution in [0.2, 0.25) is 0 Å². The number of carbonyl (C=O) groups excluding carboxylic acids is 1. The standard InChI is InChI=1S/C26H32F2O3/c1-2-3-4-5-6-17-30-22-13-9-20(10-14-22)26(29)31-23-15-16-24(25(28)18-23)19-7-11-21(27)12-8-19/h7-8,11-12,15-16,18,20,22H,2-6,9-10,13-14,17H2,1H3/t20-,22-. The molecular weight excluding hydrogens is 398 g/mol. The van der Waals surface area contributed by atoms with Crippen molar-refractivity contribution in [3.8, 4) is 16.9 Å². The lowest BCUT2D eigenvalue weighted by Gasteiger charge is -2.27. The molecule has 31 heavy (non-hydrogen) atoms. The van der Waals surface area contributed by atoms with Crippen LogP contribution in [-0.4, -0.2) is 18.7 Å². The Morgan fingerprint density at radius 1 is 0.935 bits per heavy atom. The van der Waals surface area contributed by atoms with Gasteiger partial charge in [-0.15, -0.1) is 0 Å². The second-order valence-electron chi connectivity index (χ2n) is 8.33. The monoisotopic (exact) mass is 430 g/mol. The maximum Gasteiger partial charge on any atom is 0.314 e. The fourth-order valence-electron chi connectivity index (χ4n) is 4.04. The van der Waals surface area contributed by atoms with Crippen molar-refractivity contribution < 1.29 is 23.0 Å². The van der Waals surface area contributed by atoms with Crippen molar-refractivity contribution in [1.82, 2.24) is 0 Å². The van der Waals surface area contributed by atoms with E-state index in [0.29, 0.717) is 11.1 Å². The number of benzene rings is 2. The third-order valence-corrected chi connectivity index (χ3v) is 5.92. The normalized spacial score (nSPS) is 18.7. The first-order valence-electron chi connectivity index (χ1n) is 11.5. The van der Waals surface area contributed by atoms with Gasteiger partial charge in [0.15, 0.2) is 0 Å². The lowest BCUT2D eigenvalue weighted by atomic mass is 9.87. The molecule has 1 aliphatic carbocycles. The molecule has 0 atom stereocenters. The highest BCUT2D eigenvalue weighted by molar-refractivity contribution is 5.75. The molecule has 0 spiro atoms. The Labute approximate surface area is 183 Å². The Morgan fingerprint density at radius 2 is 1.65 bits per heavy atom. The molecule has 3 rings (SSSR count). The first-order chi connectivity index (χ1) is 15.1. The molecule has 2 aromatic carbocycles. The first kappa shape index (κ1) is 23.4. The van der Waals surface area contributed by atoms with Gasteiger partial charge in [0, 0.05) is 18.2 Å². The van der Waals surface area contributed by atoms with E-state index >= 15 is 0 Å². The van der Waals surface area contributed by atoms with Gasteiger partial charge in [-0.2, -0.15) is 0 Å². The molecule has 0 radical (unpaired) electrons. The summed E-state index contributed by atoms with van der Waals surface area (Å²) in [6.45, 7) is 3.00. The smallest absolute Gasteiger partial charge is 0.314 e. The minimum atomic E-state index is -0.507. The van der Waals surface area contributed by atoms with Crippen molar-refractivity contribution in [2.45, 2.75) is 70.8 Å². The highest BCUT2D eigenvalue weighted by Crippen LogP contribution is 2.30. The summed E-state index contributed by atoms with van der Waals surface area (Å²) in [7, 11) is 0. The Hall–Kier alpha value is -2.27. The third kappa shape index (κ3) is 7.13. The average Bonchev–Trinajstić information content (AvgIpc) is 2.77. The van der Waals surface area contributed by atoms with E-state index in [-0.39, 0.29) is 29.6 Å². The van der Waals surface area contributed by atoms with E-state index in [1.54, 1.807) is 12.1 Å². The van der Waals surface area contributed by atoms with Gasteiger partial charge in [0.2, 0.25) is 0 Å². The minimum Gasteiger partial charge on any atom is -0.426 e. The molecule has 0 N–H and O–H groups in total. The quantitative estimate of drug-likeness (QED) is 0.229. The van der Waals surface area contributed by atoms with Gasteiger partial charge in [0.1, 0.15) is 17.4 Å². The second kappa shape index (κ2) is 11.9. The number of unbranched alkanes of at least 4 members (excludes halogenated alkanes) is 4. The molecule has 2 aromatic rings. The van der Waals surface area contributed by atoms with Crippen LogP contribution in [0, 0.1) is 17.6 Å². The number of carbonyl (C=O) groups is 1. The zero-order chi connectivity index (χ0) is 22.1. The van der Waals surface area contributed by atoms with Crippen LogP contribution in [0.1, 0.15) is 64.7 Å². The maximum absolute atomic E-state index is 14.5. The van der Waals surface area contributed by atoms with Gasteiger partial charge in [-0.3, -0.25) is 4.79 Å². The first-order valence-corrected chi connectivity index (χ1v) is 11.5. The summed E-state index contributed by atoms with van der Waals surface area (Å²) in [6.07, 6.45) is 9.50. The van der Waals surface area contributed by atoms with E-state index in [2.05, 4.69) is 6.92 Å². The fraction of sp³-hybridized carbons (Fsp3) is 0.500. The van der Waals surface area contributed by atoms with E-state index in [1.807, 2.05) is 0 Å². The Morgan fingerprint density at radius 3 is 2.32 bits per heavy atom.